The molecule has 2 atom stereocenters. The summed E-state index contributed by atoms with van der Waals surface area (Å²) in [5, 5.41) is 5.31. The molecule has 1 aromatic heterocycles. The maximum atomic E-state index is 5.96. The van der Waals surface area contributed by atoms with E-state index in [1.807, 2.05) is 17.4 Å². The second kappa shape index (κ2) is 10.7. The first-order valence-electron chi connectivity index (χ1n) is 10.1. The number of nitrogens with one attached hydrogen (secondary N) is 1. The van der Waals surface area contributed by atoms with Crippen LogP contribution in [0.15, 0.2) is 12.4 Å². The summed E-state index contributed by atoms with van der Waals surface area (Å²) in [6, 6.07) is 0.338. The third-order valence-corrected chi connectivity index (χ3v) is 4.97. The molecule has 25 heavy (non-hydrogen) atoms. The number of hydrazine groups is 1. The molecule has 2 heterocycles. The van der Waals surface area contributed by atoms with Crippen molar-refractivity contribution in [2.24, 2.45) is 17.7 Å². The van der Waals surface area contributed by atoms with Crippen LogP contribution in [-0.4, -0.2) is 34.1 Å². The molecule has 3 N–H and O–H groups in total. The van der Waals surface area contributed by atoms with Gasteiger partial charge in [0.1, 0.15) is 0 Å². The topological polar surface area (TPSA) is 67.1 Å². The van der Waals surface area contributed by atoms with Crippen molar-refractivity contribution >= 4 is 5.95 Å². The van der Waals surface area contributed by atoms with Crippen molar-refractivity contribution in [2.45, 2.75) is 78.2 Å². The Balaban J connectivity index is 1.63. The Morgan fingerprint density at radius 1 is 1.12 bits per heavy atom. The van der Waals surface area contributed by atoms with Gasteiger partial charge in [0.05, 0.1) is 0 Å². The van der Waals surface area contributed by atoms with E-state index in [9.17, 15) is 0 Å². The lowest BCUT2D eigenvalue weighted by atomic mass is 9.97. The van der Waals surface area contributed by atoms with Gasteiger partial charge in [0.25, 0.3) is 0 Å². The van der Waals surface area contributed by atoms with Crippen molar-refractivity contribution in [3.63, 3.8) is 0 Å². The normalized spacial score (nSPS) is 21.6. The van der Waals surface area contributed by atoms with Crippen molar-refractivity contribution in [3.8, 4) is 0 Å². The van der Waals surface area contributed by atoms with Gasteiger partial charge in [0, 0.05) is 31.5 Å². The SMILES string of the molecule is CC(C)CCCCCCCc1cnc(NC2CC(C)CN(N)C2)nc1. The molecule has 1 fully saturated rings. The Kier molecular flexibility index (Phi) is 8.62. The zero-order valence-corrected chi connectivity index (χ0v) is 16.4. The third kappa shape index (κ3) is 8.15. The quantitative estimate of drug-likeness (QED) is 0.494. The van der Waals surface area contributed by atoms with Crippen molar-refractivity contribution in [1.82, 2.24) is 15.0 Å². The fraction of sp³-hybridized carbons (Fsp3) is 0.800. The minimum atomic E-state index is 0.338. The summed E-state index contributed by atoms with van der Waals surface area (Å²) in [5.74, 6) is 8.13. The number of unbranched alkanes of at least 4 members (excludes halogenated alkanes) is 4. The van der Waals surface area contributed by atoms with Gasteiger partial charge in [-0.25, -0.2) is 15.0 Å². The minimum Gasteiger partial charge on any atom is -0.350 e. The van der Waals surface area contributed by atoms with Crippen LogP contribution in [0.25, 0.3) is 0 Å². The van der Waals surface area contributed by atoms with Gasteiger partial charge in [-0.15, -0.1) is 0 Å². The van der Waals surface area contributed by atoms with E-state index in [4.69, 9.17) is 5.84 Å². The van der Waals surface area contributed by atoms with Crippen LogP contribution in [0, 0.1) is 11.8 Å². The lowest BCUT2D eigenvalue weighted by Crippen LogP contribution is -2.49. The van der Waals surface area contributed by atoms with E-state index < -0.39 is 0 Å². The van der Waals surface area contributed by atoms with E-state index in [1.165, 1.54) is 44.1 Å². The van der Waals surface area contributed by atoms with Crippen molar-refractivity contribution in [2.75, 3.05) is 18.4 Å². The molecule has 0 radical (unpaired) electrons. The number of piperidine rings is 1. The molecule has 142 valence electrons. The predicted octanol–water partition coefficient (Wildman–Crippen LogP) is 4.01. The molecule has 2 rings (SSSR count). The van der Waals surface area contributed by atoms with Crippen molar-refractivity contribution in [1.29, 1.82) is 0 Å². The van der Waals surface area contributed by atoms with Crippen molar-refractivity contribution < 1.29 is 0 Å². The lowest BCUT2D eigenvalue weighted by molar-refractivity contribution is 0.175. The number of anilines is 1. The van der Waals surface area contributed by atoms with Crippen LogP contribution >= 0.6 is 0 Å². The fourth-order valence-corrected chi connectivity index (χ4v) is 3.65. The summed E-state index contributed by atoms with van der Waals surface area (Å²) in [5.41, 5.74) is 1.24. The van der Waals surface area contributed by atoms with Gasteiger partial charge in [-0.2, -0.15) is 0 Å². The maximum absolute atomic E-state index is 5.96. The Morgan fingerprint density at radius 2 is 1.80 bits per heavy atom. The number of hydrogen-bond donors (Lipinski definition) is 2. The zero-order chi connectivity index (χ0) is 18.1. The Morgan fingerprint density at radius 3 is 2.48 bits per heavy atom. The first-order chi connectivity index (χ1) is 12.0. The number of hydrogen-bond acceptors (Lipinski definition) is 5. The molecule has 0 aromatic carbocycles. The molecule has 5 nitrogen and oxygen atoms in total. The highest BCUT2D eigenvalue weighted by atomic mass is 15.4. The third-order valence-electron chi connectivity index (χ3n) is 4.97. The monoisotopic (exact) mass is 347 g/mol. The highest BCUT2D eigenvalue weighted by Gasteiger charge is 2.23. The Labute approximate surface area is 153 Å². The molecular weight excluding hydrogens is 310 g/mol. The van der Waals surface area contributed by atoms with Crippen LogP contribution in [0.5, 0.6) is 0 Å². The summed E-state index contributed by atoms with van der Waals surface area (Å²) in [7, 11) is 0. The second-order valence-corrected chi connectivity index (χ2v) is 8.25. The van der Waals surface area contributed by atoms with E-state index in [2.05, 4.69) is 36.1 Å². The smallest absolute Gasteiger partial charge is 0.222 e. The number of nitrogens with two attached hydrogens (primary N) is 1. The number of rotatable bonds is 10. The second-order valence-electron chi connectivity index (χ2n) is 8.25. The molecule has 0 amide bonds. The summed E-state index contributed by atoms with van der Waals surface area (Å²) < 4.78 is 0. The van der Waals surface area contributed by atoms with E-state index >= 15 is 0 Å². The average molecular weight is 348 g/mol. The number of aryl methyl sites for hydroxylation is 1. The van der Waals surface area contributed by atoms with Crippen LogP contribution in [0.1, 0.15) is 71.3 Å². The van der Waals surface area contributed by atoms with E-state index in [1.54, 1.807) is 0 Å². The molecule has 0 bridgehead atoms. The minimum absolute atomic E-state index is 0.338. The lowest BCUT2D eigenvalue weighted by Gasteiger charge is -2.33. The number of aromatic nitrogens is 2. The Hall–Kier alpha value is -1.20. The van der Waals surface area contributed by atoms with Gasteiger partial charge >= 0.3 is 0 Å². The van der Waals surface area contributed by atoms with Crippen LogP contribution in [0.4, 0.5) is 5.95 Å². The molecule has 0 saturated carbocycles. The van der Waals surface area contributed by atoms with Gasteiger partial charge in [-0.3, -0.25) is 5.84 Å². The summed E-state index contributed by atoms with van der Waals surface area (Å²) in [6.07, 6.45) is 14.2. The highest BCUT2D eigenvalue weighted by molar-refractivity contribution is 5.27. The fourth-order valence-electron chi connectivity index (χ4n) is 3.65. The molecule has 1 aromatic rings. The average Bonchev–Trinajstić information content (AvgIpc) is 2.54. The molecule has 0 spiro atoms. The van der Waals surface area contributed by atoms with Gasteiger partial charge in [0.2, 0.25) is 5.95 Å². The summed E-state index contributed by atoms with van der Waals surface area (Å²) >= 11 is 0. The first kappa shape index (κ1) is 20.1. The molecule has 1 saturated heterocycles. The van der Waals surface area contributed by atoms with Crippen LogP contribution in [0.3, 0.4) is 0 Å². The van der Waals surface area contributed by atoms with Gasteiger partial charge in [0.15, 0.2) is 0 Å². The van der Waals surface area contributed by atoms with Gasteiger partial charge in [-0.1, -0.05) is 52.9 Å². The Bertz CT molecular complexity index is 463. The van der Waals surface area contributed by atoms with Crippen LogP contribution < -0.4 is 11.2 Å². The largest absolute Gasteiger partial charge is 0.350 e. The summed E-state index contributed by atoms with van der Waals surface area (Å²) in [6.45, 7) is 8.67. The van der Waals surface area contributed by atoms with Crippen LogP contribution in [-0.2, 0) is 6.42 Å². The van der Waals surface area contributed by atoms with Gasteiger partial charge < -0.3 is 5.32 Å². The standard InChI is InChI=1S/C20H37N5/c1-16(2)9-7-5-4-6-8-10-18-12-22-20(23-13-18)24-19-11-17(3)14-25(21)15-19/h12-13,16-17,19H,4-11,14-15,21H2,1-3H3,(H,22,23,24). The van der Waals surface area contributed by atoms with E-state index in [0.717, 1.165) is 37.8 Å². The molecule has 5 heteroatoms. The molecule has 2 unspecified atom stereocenters. The first-order valence-corrected chi connectivity index (χ1v) is 10.1. The summed E-state index contributed by atoms with van der Waals surface area (Å²) in [4.78, 5) is 8.98. The maximum Gasteiger partial charge on any atom is 0.222 e. The van der Waals surface area contributed by atoms with Gasteiger partial charge in [-0.05, 0) is 36.7 Å². The van der Waals surface area contributed by atoms with E-state index in [-0.39, 0.29) is 0 Å². The molecule has 1 aliphatic rings. The molecule has 1 aliphatic heterocycles. The predicted molar refractivity (Wildman–Crippen MR) is 105 cm³/mol. The molecular formula is C20H37N5. The highest BCUT2D eigenvalue weighted by Crippen LogP contribution is 2.17. The zero-order valence-electron chi connectivity index (χ0n) is 16.4. The van der Waals surface area contributed by atoms with Crippen LogP contribution in [0.2, 0.25) is 0 Å². The molecule has 0 aliphatic carbocycles. The van der Waals surface area contributed by atoms with E-state index in [0.29, 0.717) is 12.0 Å². The number of nitrogens with zero attached hydrogens (tertiary/aromatic N) is 3. The van der Waals surface area contributed by atoms with Crippen molar-refractivity contribution in [3.05, 3.63) is 18.0 Å².